The first-order valence-electron chi connectivity index (χ1n) is 5.74. The molecule has 17 heavy (non-hydrogen) atoms. The number of rotatable bonds is 6. The lowest BCUT2D eigenvalue weighted by Crippen LogP contribution is -2.30. The summed E-state index contributed by atoms with van der Waals surface area (Å²) in [6.07, 6.45) is 4.62. The predicted molar refractivity (Wildman–Crippen MR) is 68.2 cm³/mol. The second kappa shape index (κ2) is 5.64. The molecule has 98 valence electrons. The molecule has 6 heteroatoms. The SMILES string of the molecule is CC(C)(C)CCS(=O)(=O)NCCc1ncc[nH]1. The number of nitrogens with zero attached hydrogens (tertiary/aromatic N) is 1. The van der Waals surface area contributed by atoms with Gasteiger partial charge in [-0.15, -0.1) is 0 Å². The highest BCUT2D eigenvalue weighted by atomic mass is 32.2. The highest BCUT2D eigenvalue weighted by Crippen LogP contribution is 2.18. The number of aromatic amines is 1. The van der Waals surface area contributed by atoms with Gasteiger partial charge in [0.05, 0.1) is 5.75 Å². The van der Waals surface area contributed by atoms with Gasteiger partial charge in [0.2, 0.25) is 10.0 Å². The van der Waals surface area contributed by atoms with Crippen LogP contribution in [0.3, 0.4) is 0 Å². The number of hydrogen-bond acceptors (Lipinski definition) is 3. The molecule has 1 aromatic rings. The molecule has 0 aliphatic carbocycles. The second-order valence-corrected chi connectivity index (χ2v) is 7.24. The molecule has 0 unspecified atom stereocenters. The molecule has 0 aliphatic rings. The Balaban J connectivity index is 2.30. The Morgan fingerprint density at radius 2 is 2.12 bits per heavy atom. The van der Waals surface area contributed by atoms with Crippen LogP contribution in [0.4, 0.5) is 0 Å². The fourth-order valence-corrected chi connectivity index (χ4v) is 2.71. The van der Waals surface area contributed by atoms with E-state index in [0.29, 0.717) is 19.4 Å². The van der Waals surface area contributed by atoms with Gasteiger partial charge in [-0.25, -0.2) is 18.1 Å². The molecule has 0 aromatic carbocycles. The standard InChI is InChI=1S/C11H21N3O2S/c1-11(2,3)5-9-17(15,16)14-6-4-10-12-7-8-13-10/h7-8,14H,4-6,9H2,1-3H3,(H,12,13). The van der Waals surface area contributed by atoms with Crippen LogP contribution < -0.4 is 4.72 Å². The van der Waals surface area contributed by atoms with Crippen molar-refractivity contribution in [3.63, 3.8) is 0 Å². The van der Waals surface area contributed by atoms with Crippen molar-refractivity contribution < 1.29 is 8.42 Å². The highest BCUT2D eigenvalue weighted by Gasteiger charge is 2.16. The van der Waals surface area contributed by atoms with E-state index < -0.39 is 10.0 Å². The van der Waals surface area contributed by atoms with Gasteiger partial charge >= 0.3 is 0 Å². The van der Waals surface area contributed by atoms with Crippen LogP contribution in [0.25, 0.3) is 0 Å². The predicted octanol–water partition coefficient (Wildman–Crippen LogP) is 1.31. The highest BCUT2D eigenvalue weighted by molar-refractivity contribution is 7.89. The third-order valence-electron chi connectivity index (χ3n) is 2.36. The molecule has 1 heterocycles. The molecule has 0 atom stereocenters. The monoisotopic (exact) mass is 259 g/mol. The molecule has 2 N–H and O–H groups in total. The lowest BCUT2D eigenvalue weighted by molar-refractivity contribution is 0.396. The Morgan fingerprint density at radius 3 is 2.65 bits per heavy atom. The molecule has 5 nitrogen and oxygen atoms in total. The van der Waals surface area contributed by atoms with Crippen molar-refractivity contribution >= 4 is 10.0 Å². The zero-order valence-corrected chi connectivity index (χ0v) is 11.5. The van der Waals surface area contributed by atoms with E-state index in [1.807, 2.05) is 20.8 Å². The van der Waals surface area contributed by atoms with Crippen LogP contribution in [0, 0.1) is 5.41 Å². The van der Waals surface area contributed by atoms with Crippen molar-refractivity contribution in [3.8, 4) is 0 Å². The van der Waals surface area contributed by atoms with E-state index in [1.54, 1.807) is 12.4 Å². The van der Waals surface area contributed by atoms with Crippen LogP contribution in [0.2, 0.25) is 0 Å². The van der Waals surface area contributed by atoms with Crippen LogP contribution >= 0.6 is 0 Å². The first-order chi connectivity index (χ1) is 7.79. The van der Waals surface area contributed by atoms with E-state index in [-0.39, 0.29) is 11.2 Å². The molecular formula is C11H21N3O2S. The third-order valence-corrected chi connectivity index (χ3v) is 3.74. The summed E-state index contributed by atoms with van der Waals surface area (Å²) in [5, 5.41) is 0. The Hall–Kier alpha value is -0.880. The molecule has 0 bridgehead atoms. The molecule has 0 fully saturated rings. The lowest BCUT2D eigenvalue weighted by Gasteiger charge is -2.17. The van der Waals surface area contributed by atoms with E-state index in [1.165, 1.54) is 0 Å². The minimum Gasteiger partial charge on any atom is -0.349 e. The van der Waals surface area contributed by atoms with Gasteiger partial charge in [0.1, 0.15) is 5.82 Å². The number of H-pyrrole nitrogens is 1. The van der Waals surface area contributed by atoms with Crippen LogP contribution in [-0.4, -0.2) is 30.7 Å². The molecule has 0 amide bonds. The maximum atomic E-state index is 11.7. The molecule has 0 spiro atoms. The number of sulfonamides is 1. The number of hydrogen-bond donors (Lipinski definition) is 2. The first-order valence-corrected chi connectivity index (χ1v) is 7.39. The van der Waals surface area contributed by atoms with E-state index in [9.17, 15) is 8.42 Å². The fourth-order valence-electron chi connectivity index (χ4n) is 1.27. The molecule has 0 saturated carbocycles. The Morgan fingerprint density at radius 1 is 1.41 bits per heavy atom. The average Bonchev–Trinajstić information content (AvgIpc) is 2.67. The van der Waals surface area contributed by atoms with Crippen molar-refractivity contribution in [3.05, 3.63) is 18.2 Å². The van der Waals surface area contributed by atoms with Gasteiger partial charge in [-0.2, -0.15) is 0 Å². The van der Waals surface area contributed by atoms with Crippen molar-refractivity contribution in [2.45, 2.75) is 33.6 Å². The zero-order chi connectivity index (χ0) is 12.9. The quantitative estimate of drug-likeness (QED) is 0.808. The topological polar surface area (TPSA) is 74.8 Å². The molecule has 0 radical (unpaired) electrons. The Labute approximate surface area is 103 Å². The van der Waals surface area contributed by atoms with Gasteiger partial charge in [0, 0.05) is 25.4 Å². The summed E-state index contributed by atoms with van der Waals surface area (Å²) in [6.45, 7) is 6.49. The van der Waals surface area contributed by atoms with E-state index in [0.717, 1.165) is 5.82 Å². The van der Waals surface area contributed by atoms with E-state index >= 15 is 0 Å². The Bertz CT molecular complexity index is 418. The molecule has 0 aliphatic heterocycles. The second-order valence-electron chi connectivity index (χ2n) is 5.31. The van der Waals surface area contributed by atoms with E-state index in [4.69, 9.17) is 0 Å². The zero-order valence-electron chi connectivity index (χ0n) is 10.7. The molecular weight excluding hydrogens is 238 g/mol. The van der Waals surface area contributed by atoms with Gasteiger partial charge in [0.15, 0.2) is 0 Å². The largest absolute Gasteiger partial charge is 0.349 e. The summed E-state index contributed by atoms with van der Waals surface area (Å²) < 4.78 is 25.9. The van der Waals surface area contributed by atoms with Crippen molar-refractivity contribution in [1.82, 2.24) is 14.7 Å². The third kappa shape index (κ3) is 6.43. The van der Waals surface area contributed by atoms with E-state index in [2.05, 4.69) is 14.7 Å². The summed E-state index contributed by atoms with van der Waals surface area (Å²) in [4.78, 5) is 6.96. The van der Waals surface area contributed by atoms with Gasteiger partial charge in [-0.05, 0) is 11.8 Å². The molecule has 1 aromatic heterocycles. The normalized spacial score (nSPS) is 12.9. The van der Waals surface area contributed by atoms with Crippen LogP contribution in [0.1, 0.15) is 33.0 Å². The van der Waals surface area contributed by atoms with Crippen molar-refractivity contribution in [2.24, 2.45) is 5.41 Å². The van der Waals surface area contributed by atoms with Crippen LogP contribution in [0.15, 0.2) is 12.4 Å². The summed E-state index contributed by atoms with van der Waals surface area (Å²) >= 11 is 0. The average molecular weight is 259 g/mol. The van der Waals surface area contributed by atoms with Crippen molar-refractivity contribution in [2.75, 3.05) is 12.3 Å². The lowest BCUT2D eigenvalue weighted by atomic mass is 9.94. The summed E-state index contributed by atoms with van der Waals surface area (Å²) in [5.74, 6) is 0.970. The van der Waals surface area contributed by atoms with Crippen LogP contribution in [-0.2, 0) is 16.4 Å². The minimum absolute atomic E-state index is 0.0375. The summed E-state index contributed by atoms with van der Waals surface area (Å²) in [7, 11) is -3.16. The van der Waals surface area contributed by atoms with Gasteiger partial charge < -0.3 is 4.98 Å². The van der Waals surface area contributed by atoms with Gasteiger partial charge in [-0.1, -0.05) is 20.8 Å². The van der Waals surface area contributed by atoms with Gasteiger partial charge in [-0.3, -0.25) is 0 Å². The number of nitrogens with one attached hydrogen (secondary N) is 2. The summed E-state index contributed by atoms with van der Waals surface area (Å²) in [6, 6.07) is 0. The number of imidazole rings is 1. The molecule has 1 rings (SSSR count). The minimum atomic E-state index is -3.16. The maximum Gasteiger partial charge on any atom is 0.211 e. The smallest absolute Gasteiger partial charge is 0.211 e. The summed E-state index contributed by atoms with van der Waals surface area (Å²) in [5.41, 5.74) is 0.0375. The van der Waals surface area contributed by atoms with Gasteiger partial charge in [0.25, 0.3) is 0 Å². The van der Waals surface area contributed by atoms with Crippen LogP contribution in [0.5, 0.6) is 0 Å². The van der Waals surface area contributed by atoms with Crippen molar-refractivity contribution in [1.29, 1.82) is 0 Å². The number of aromatic nitrogens is 2. The maximum absolute atomic E-state index is 11.7. The molecule has 0 saturated heterocycles. The fraction of sp³-hybridized carbons (Fsp3) is 0.727. The first kappa shape index (κ1) is 14.2. The Kier molecular flexibility index (Phi) is 4.70.